The van der Waals surface area contributed by atoms with Gasteiger partial charge in [0.05, 0.1) is 12.7 Å². The maximum Gasteiger partial charge on any atom is 0.0916 e. The first-order valence-electron chi connectivity index (χ1n) is 7.07. The number of hydrogen-bond acceptors (Lipinski definition) is 2. The lowest BCUT2D eigenvalue weighted by Gasteiger charge is -2.27. The van der Waals surface area contributed by atoms with Crippen LogP contribution in [0.25, 0.3) is 0 Å². The summed E-state index contributed by atoms with van der Waals surface area (Å²) >= 11 is 0. The van der Waals surface area contributed by atoms with Gasteiger partial charge in [0.1, 0.15) is 0 Å². The Morgan fingerprint density at radius 3 is 1.75 bits per heavy atom. The number of ether oxygens (including phenoxy) is 2. The second-order valence-electron chi connectivity index (χ2n) is 4.75. The molecule has 0 aromatic heterocycles. The first-order valence-corrected chi connectivity index (χ1v) is 7.07. The van der Waals surface area contributed by atoms with Crippen molar-refractivity contribution in [1.29, 1.82) is 0 Å². The van der Waals surface area contributed by atoms with Crippen molar-refractivity contribution in [3.63, 3.8) is 0 Å². The lowest BCUT2D eigenvalue weighted by Crippen LogP contribution is -2.28. The lowest BCUT2D eigenvalue weighted by molar-refractivity contribution is -0.00481. The highest BCUT2D eigenvalue weighted by molar-refractivity contribution is 5.33. The molecule has 20 heavy (non-hydrogen) atoms. The average Bonchev–Trinajstić information content (AvgIpc) is 2.50. The molecular weight excluding hydrogens is 248 g/mol. The molecule has 2 rings (SSSR count). The summed E-state index contributed by atoms with van der Waals surface area (Å²) in [5.74, 6) is 0.192. The molecule has 0 saturated heterocycles. The molecule has 2 heteroatoms. The van der Waals surface area contributed by atoms with Crippen molar-refractivity contribution in [1.82, 2.24) is 0 Å². The Morgan fingerprint density at radius 1 is 0.850 bits per heavy atom. The summed E-state index contributed by atoms with van der Waals surface area (Å²) in [6, 6.07) is 21.0. The molecule has 2 aromatic carbocycles. The van der Waals surface area contributed by atoms with Crippen LogP contribution in [0.3, 0.4) is 0 Å². The van der Waals surface area contributed by atoms with Gasteiger partial charge < -0.3 is 9.47 Å². The quantitative estimate of drug-likeness (QED) is 0.760. The van der Waals surface area contributed by atoms with Crippen molar-refractivity contribution >= 4 is 0 Å². The molecule has 0 aliphatic heterocycles. The van der Waals surface area contributed by atoms with E-state index in [1.54, 1.807) is 7.11 Å². The van der Waals surface area contributed by atoms with Crippen LogP contribution in [0.1, 0.15) is 24.0 Å². The highest BCUT2D eigenvalue weighted by Crippen LogP contribution is 2.30. The van der Waals surface area contributed by atoms with Crippen LogP contribution in [0.15, 0.2) is 60.7 Å². The smallest absolute Gasteiger partial charge is 0.0916 e. The van der Waals surface area contributed by atoms with Crippen LogP contribution >= 0.6 is 0 Å². The van der Waals surface area contributed by atoms with Crippen molar-refractivity contribution in [3.8, 4) is 0 Å². The topological polar surface area (TPSA) is 18.5 Å². The third-order valence-electron chi connectivity index (χ3n) is 3.40. The van der Waals surface area contributed by atoms with E-state index in [4.69, 9.17) is 9.47 Å². The van der Waals surface area contributed by atoms with Gasteiger partial charge in [-0.15, -0.1) is 0 Å². The van der Waals surface area contributed by atoms with E-state index in [1.807, 2.05) is 19.1 Å². The molecule has 0 N–H and O–H groups in total. The second kappa shape index (κ2) is 7.83. The molecule has 2 nitrogen and oxygen atoms in total. The number of methoxy groups -OCH3 is 1. The minimum atomic E-state index is 0.0230. The van der Waals surface area contributed by atoms with Crippen LogP contribution < -0.4 is 0 Å². The molecule has 2 aromatic rings. The average molecular weight is 270 g/mol. The molecule has 0 fully saturated rings. The number of benzene rings is 2. The van der Waals surface area contributed by atoms with Gasteiger partial charge in [0.2, 0.25) is 0 Å². The van der Waals surface area contributed by atoms with Gasteiger partial charge in [0.15, 0.2) is 0 Å². The number of rotatable bonds is 7. The van der Waals surface area contributed by atoms with Crippen molar-refractivity contribution in [2.75, 3.05) is 20.3 Å². The molecule has 1 atom stereocenters. The highest BCUT2D eigenvalue weighted by Gasteiger charge is 2.25. The zero-order valence-corrected chi connectivity index (χ0v) is 12.2. The Morgan fingerprint density at radius 2 is 1.35 bits per heavy atom. The Hall–Kier alpha value is -1.64. The summed E-state index contributed by atoms with van der Waals surface area (Å²) in [4.78, 5) is 0. The van der Waals surface area contributed by atoms with Crippen LogP contribution in [-0.4, -0.2) is 26.4 Å². The molecule has 1 unspecified atom stereocenters. The van der Waals surface area contributed by atoms with Gasteiger partial charge in [-0.1, -0.05) is 60.7 Å². The van der Waals surface area contributed by atoms with Gasteiger partial charge in [0.25, 0.3) is 0 Å². The Labute approximate surface area is 121 Å². The van der Waals surface area contributed by atoms with E-state index >= 15 is 0 Å². The predicted molar refractivity (Wildman–Crippen MR) is 82.0 cm³/mol. The molecule has 0 saturated carbocycles. The van der Waals surface area contributed by atoms with Crippen molar-refractivity contribution in [3.05, 3.63) is 71.8 Å². The molecule has 106 valence electrons. The summed E-state index contributed by atoms with van der Waals surface area (Å²) in [7, 11) is 1.72. The predicted octanol–water partition coefficient (Wildman–Crippen LogP) is 3.87. The molecular formula is C18H22O2. The molecule has 0 heterocycles. The van der Waals surface area contributed by atoms with Gasteiger partial charge in [-0.2, -0.15) is 0 Å². The van der Waals surface area contributed by atoms with E-state index in [-0.39, 0.29) is 12.0 Å². The van der Waals surface area contributed by atoms with Crippen LogP contribution in [-0.2, 0) is 9.47 Å². The minimum Gasteiger partial charge on any atom is -0.382 e. The summed E-state index contributed by atoms with van der Waals surface area (Å²) in [5.41, 5.74) is 2.52. The van der Waals surface area contributed by atoms with Gasteiger partial charge in [-0.05, 0) is 18.1 Å². The van der Waals surface area contributed by atoms with Gasteiger partial charge in [-0.25, -0.2) is 0 Å². The Balaban J connectivity index is 2.38. The van der Waals surface area contributed by atoms with E-state index in [9.17, 15) is 0 Å². The van der Waals surface area contributed by atoms with Gasteiger partial charge in [-0.3, -0.25) is 0 Å². The molecule has 0 bridgehead atoms. The maximum absolute atomic E-state index is 5.93. The van der Waals surface area contributed by atoms with Crippen LogP contribution in [0.5, 0.6) is 0 Å². The zero-order valence-electron chi connectivity index (χ0n) is 12.2. The molecule has 0 aliphatic carbocycles. The monoisotopic (exact) mass is 270 g/mol. The first kappa shape index (κ1) is 14.8. The lowest BCUT2D eigenvalue weighted by atomic mass is 9.87. The fourth-order valence-corrected chi connectivity index (χ4v) is 2.56. The Bertz CT molecular complexity index is 436. The van der Waals surface area contributed by atoms with E-state index in [0.29, 0.717) is 13.2 Å². The normalized spacial score (nSPS) is 12.6. The first-order chi connectivity index (χ1) is 9.86. The SMILES string of the molecule is CCOC(COC)C(c1ccccc1)c1ccccc1. The third-order valence-corrected chi connectivity index (χ3v) is 3.40. The van der Waals surface area contributed by atoms with Crippen LogP contribution in [0.4, 0.5) is 0 Å². The Kier molecular flexibility index (Phi) is 5.78. The summed E-state index contributed by atoms with van der Waals surface area (Å²) in [5, 5.41) is 0. The third kappa shape index (κ3) is 3.69. The second-order valence-corrected chi connectivity index (χ2v) is 4.75. The minimum absolute atomic E-state index is 0.0230. The van der Waals surface area contributed by atoms with Crippen LogP contribution in [0, 0.1) is 0 Å². The van der Waals surface area contributed by atoms with E-state index < -0.39 is 0 Å². The van der Waals surface area contributed by atoms with Crippen molar-refractivity contribution in [2.45, 2.75) is 18.9 Å². The van der Waals surface area contributed by atoms with E-state index in [2.05, 4.69) is 48.5 Å². The summed E-state index contributed by atoms with van der Waals surface area (Å²) in [6.07, 6.45) is 0.0230. The number of hydrogen-bond donors (Lipinski definition) is 0. The molecule has 0 radical (unpaired) electrons. The fraction of sp³-hybridized carbons (Fsp3) is 0.333. The zero-order chi connectivity index (χ0) is 14.2. The molecule has 0 aliphatic rings. The van der Waals surface area contributed by atoms with Gasteiger partial charge >= 0.3 is 0 Å². The summed E-state index contributed by atoms with van der Waals surface area (Å²) in [6.45, 7) is 3.29. The van der Waals surface area contributed by atoms with Crippen molar-refractivity contribution < 1.29 is 9.47 Å². The largest absolute Gasteiger partial charge is 0.382 e. The standard InChI is InChI=1S/C18H22O2/c1-3-20-17(14-19-2)18(15-10-6-4-7-11-15)16-12-8-5-9-13-16/h4-13,17-18H,3,14H2,1-2H3. The molecule has 0 spiro atoms. The van der Waals surface area contributed by atoms with Gasteiger partial charge in [0, 0.05) is 19.6 Å². The van der Waals surface area contributed by atoms with Crippen molar-refractivity contribution in [2.24, 2.45) is 0 Å². The fourth-order valence-electron chi connectivity index (χ4n) is 2.56. The highest BCUT2D eigenvalue weighted by atomic mass is 16.5. The maximum atomic E-state index is 5.93. The van der Waals surface area contributed by atoms with E-state index in [1.165, 1.54) is 11.1 Å². The molecule has 0 amide bonds. The van der Waals surface area contributed by atoms with Crippen LogP contribution in [0.2, 0.25) is 0 Å². The summed E-state index contributed by atoms with van der Waals surface area (Å²) < 4.78 is 11.3. The van der Waals surface area contributed by atoms with E-state index in [0.717, 1.165) is 0 Å².